The van der Waals surface area contributed by atoms with Crippen LogP contribution in [0.2, 0.25) is 0 Å². The molecular weight excluding hydrogens is 312 g/mol. The van der Waals surface area contributed by atoms with Crippen molar-refractivity contribution in [1.82, 2.24) is 10.2 Å². The van der Waals surface area contributed by atoms with Crippen LogP contribution in [0.5, 0.6) is 0 Å². The van der Waals surface area contributed by atoms with Crippen LogP contribution in [0.25, 0.3) is 0 Å². The summed E-state index contributed by atoms with van der Waals surface area (Å²) in [6, 6.07) is 19.0. The van der Waals surface area contributed by atoms with E-state index in [4.69, 9.17) is 0 Å². The van der Waals surface area contributed by atoms with Gasteiger partial charge in [-0.3, -0.25) is 9.59 Å². The summed E-state index contributed by atoms with van der Waals surface area (Å²) < 4.78 is 0. The number of rotatable bonds is 8. The molecule has 132 valence electrons. The highest BCUT2D eigenvalue weighted by molar-refractivity contribution is 5.88. The molecule has 4 nitrogen and oxygen atoms in total. The summed E-state index contributed by atoms with van der Waals surface area (Å²) >= 11 is 0. The van der Waals surface area contributed by atoms with Crippen LogP contribution in [0, 0.1) is 0 Å². The minimum absolute atomic E-state index is 0.0341. The molecule has 0 unspecified atom stereocenters. The largest absolute Gasteiger partial charge is 0.355 e. The third-order valence-corrected chi connectivity index (χ3v) is 4.13. The number of nitrogens with one attached hydrogen (secondary N) is 1. The predicted octanol–water partition coefficient (Wildman–Crippen LogP) is 3.17. The van der Waals surface area contributed by atoms with Crippen molar-refractivity contribution in [2.45, 2.75) is 39.3 Å². The molecule has 0 radical (unpaired) electrons. The Morgan fingerprint density at radius 2 is 1.48 bits per heavy atom. The molecule has 0 fully saturated rings. The Balaban J connectivity index is 2.23. The van der Waals surface area contributed by atoms with Crippen LogP contribution < -0.4 is 5.32 Å². The quantitative estimate of drug-likeness (QED) is 0.804. The van der Waals surface area contributed by atoms with Gasteiger partial charge in [0, 0.05) is 13.1 Å². The lowest BCUT2D eigenvalue weighted by Crippen LogP contribution is -2.49. The van der Waals surface area contributed by atoms with Crippen LogP contribution in [-0.2, 0) is 22.6 Å². The van der Waals surface area contributed by atoms with Crippen molar-refractivity contribution in [2.75, 3.05) is 6.54 Å². The molecule has 2 aromatic rings. The van der Waals surface area contributed by atoms with Gasteiger partial charge in [0.25, 0.3) is 0 Å². The number of hydrogen-bond acceptors (Lipinski definition) is 2. The molecule has 2 amide bonds. The second kappa shape index (κ2) is 9.62. The van der Waals surface area contributed by atoms with Crippen molar-refractivity contribution in [3.63, 3.8) is 0 Å². The maximum atomic E-state index is 13.0. The molecule has 2 aromatic carbocycles. The molecule has 25 heavy (non-hydrogen) atoms. The SMILES string of the molecule is CCNC(=O)[C@@H](CC)N(Cc1ccccc1)C(=O)Cc1ccccc1. The van der Waals surface area contributed by atoms with Crippen LogP contribution in [0.15, 0.2) is 60.7 Å². The Morgan fingerprint density at radius 3 is 2.00 bits per heavy atom. The van der Waals surface area contributed by atoms with Crippen LogP contribution >= 0.6 is 0 Å². The first-order valence-corrected chi connectivity index (χ1v) is 8.80. The van der Waals surface area contributed by atoms with E-state index in [2.05, 4.69) is 5.32 Å². The molecule has 1 N–H and O–H groups in total. The molecule has 0 aliphatic carbocycles. The molecule has 0 heterocycles. The lowest BCUT2D eigenvalue weighted by atomic mass is 10.1. The summed E-state index contributed by atoms with van der Waals surface area (Å²) in [5.41, 5.74) is 1.97. The Bertz CT molecular complexity index is 671. The van der Waals surface area contributed by atoms with Gasteiger partial charge in [-0.05, 0) is 24.5 Å². The summed E-state index contributed by atoms with van der Waals surface area (Å²) in [5.74, 6) is -0.129. The number of hydrogen-bond donors (Lipinski definition) is 1. The van der Waals surface area contributed by atoms with Gasteiger partial charge in [0.1, 0.15) is 6.04 Å². The van der Waals surface area contributed by atoms with Gasteiger partial charge in [0.05, 0.1) is 6.42 Å². The number of amides is 2. The van der Waals surface area contributed by atoms with Gasteiger partial charge in [-0.2, -0.15) is 0 Å². The van der Waals surface area contributed by atoms with Gasteiger partial charge in [-0.25, -0.2) is 0 Å². The second-order valence-corrected chi connectivity index (χ2v) is 5.99. The van der Waals surface area contributed by atoms with E-state index in [0.29, 0.717) is 25.9 Å². The average molecular weight is 338 g/mol. The van der Waals surface area contributed by atoms with E-state index in [1.807, 2.05) is 74.5 Å². The lowest BCUT2D eigenvalue weighted by Gasteiger charge is -2.30. The zero-order valence-electron chi connectivity index (χ0n) is 14.9. The monoisotopic (exact) mass is 338 g/mol. The van der Waals surface area contributed by atoms with Gasteiger partial charge in [-0.1, -0.05) is 67.6 Å². The summed E-state index contributed by atoms with van der Waals surface area (Å²) in [5, 5.41) is 2.85. The fourth-order valence-electron chi connectivity index (χ4n) is 2.86. The minimum Gasteiger partial charge on any atom is -0.355 e. The Hall–Kier alpha value is -2.62. The molecular formula is C21H26N2O2. The van der Waals surface area contributed by atoms with E-state index < -0.39 is 6.04 Å². The summed E-state index contributed by atoms with van der Waals surface area (Å²) in [4.78, 5) is 27.1. The lowest BCUT2D eigenvalue weighted by molar-refractivity contribution is -0.140. The third kappa shape index (κ3) is 5.45. The van der Waals surface area contributed by atoms with Crippen molar-refractivity contribution < 1.29 is 9.59 Å². The van der Waals surface area contributed by atoms with Gasteiger partial charge >= 0.3 is 0 Å². The molecule has 0 saturated heterocycles. The Kier molecular flexibility index (Phi) is 7.20. The summed E-state index contributed by atoms with van der Waals surface area (Å²) in [6.45, 7) is 4.81. The van der Waals surface area contributed by atoms with E-state index in [-0.39, 0.29) is 11.8 Å². The fraction of sp³-hybridized carbons (Fsp3) is 0.333. The molecule has 2 rings (SSSR count). The van der Waals surface area contributed by atoms with Crippen LogP contribution in [0.1, 0.15) is 31.4 Å². The van der Waals surface area contributed by atoms with Gasteiger partial charge < -0.3 is 10.2 Å². The first-order valence-electron chi connectivity index (χ1n) is 8.80. The van der Waals surface area contributed by atoms with E-state index in [1.54, 1.807) is 4.90 Å². The average Bonchev–Trinajstić information content (AvgIpc) is 2.63. The number of carbonyl (C=O) groups excluding carboxylic acids is 2. The normalized spacial score (nSPS) is 11.6. The zero-order chi connectivity index (χ0) is 18.1. The molecule has 0 aliphatic rings. The number of benzene rings is 2. The van der Waals surface area contributed by atoms with Crippen molar-refractivity contribution in [1.29, 1.82) is 0 Å². The van der Waals surface area contributed by atoms with Gasteiger partial charge in [-0.15, -0.1) is 0 Å². The maximum Gasteiger partial charge on any atom is 0.242 e. The minimum atomic E-state index is -0.462. The Labute approximate surface area is 149 Å². The highest BCUT2D eigenvalue weighted by Crippen LogP contribution is 2.14. The van der Waals surface area contributed by atoms with E-state index >= 15 is 0 Å². The molecule has 0 aliphatic heterocycles. The van der Waals surface area contributed by atoms with Gasteiger partial charge in [0.15, 0.2) is 0 Å². The standard InChI is InChI=1S/C21H26N2O2/c1-3-19(21(25)22-4-2)23(16-18-13-9-6-10-14-18)20(24)15-17-11-7-5-8-12-17/h5-14,19H,3-4,15-16H2,1-2H3,(H,22,25)/t19-/m1/s1. The van der Waals surface area contributed by atoms with E-state index in [0.717, 1.165) is 11.1 Å². The third-order valence-electron chi connectivity index (χ3n) is 4.13. The number of nitrogens with zero attached hydrogens (tertiary/aromatic N) is 1. The van der Waals surface area contributed by atoms with Crippen LogP contribution in [-0.4, -0.2) is 29.3 Å². The Morgan fingerprint density at radius 1 is 0.920 bits per heavy atom. The molecule has 0 bridgehead atoms. The molecule has 0 spiro atoms. The maximum absolute atomic E-state index is 13.0. The van der Waals surface area contributed by atoms with Gasteiger partial charge in [0.2, 0.25) is 11.8 Å². The van der Waals surface area contributed by atoms with Crippen molar-refractivity contribution in [3.05, 3.63) is 71.8 Å². The highest BCUT2D eigenvalue weighted by atomic mass is 16.2. The van der Waals surface area contributed by atoms with Crippen LogP contribution in [0.4, 0.5) is 0 Å². The van der Waals surface area contributed by atoms with E-state index in [1.165, 1.54) is 0 Å². The second-order valence-electron chi connectivity index (χ2n) is 5.99. The predicted molar refractivity (Wildman–Crippen MR) is 99.9 cm³/mol. The highest BCUT2D eigenvalue weighted by Gasteiger charge is 2.28. The molecule has 4 heteroatoms. The first-order chi connectivity index (χ1) is 12.2. The van der Waals surface area contributed by atoms with Crippen molar-refractivity contribution in [2.24, 2.45) is 0 Å². The molecule has 0 aromatic heterocycles. The van der Waals surface area contributed by atoms with Crippen molar-refractivity contribution >= 4 is 11.8 Å². The molecule has 0 saturated carbocycles. The van der Waals surface area contributed by atoms with Crippen molar-refractivity contribution in [3.8, 4) is 0 Å². The smallest absolute Gasteiger partial charge is 0.242 e. The zero-order valence-corrected chi connectivity index (χ0v) is 14.9. The topological polar surface area (TPSA) is 49.4 Å². The number of carbonyl (C=O) groups is 2. The van der Waals surface area contributed by atoms with Crippen LogP contribution in [0.3, 0.4) is 0 Å². The molecule has 1 atom stereocenters. The summed E-state index contributed by atoms with van der Waals surface area (Å²) in [6.07, 6.45) is 0.878. The first kappa shape index (κ1) is 18.7. The number of likely N-dealkylation sites (N-methyl/N-ethyl adjacent to an activating group) is 1. The summed E-state index contributed by atoms with van der Waals surface area (Å²) in [7, 11) is 0. The fourth-order valence-corrected chi connectivity index (χ4v) is 2.86. The van der Waals surface area contributed by atoms with E-state index in [9.17, 15) is 9.59 Å².